The predicted octanol–water partition coefficient (Wildman–Crippen LogP) is 5.63. The number of aryl methyl sites for hydroxylation is 3. The molecule has 1 amide bonds. The first-order valence-electron chi connectivity index (χ1n) is 10.6. The van der Waals surface area contributed by atoms with Gasteiger partial charge in [0.25, 0.3) is 11.7 Å². The molecule has 5 heteroatoms. The van der Waals surface area contributed by atoms with Gasteiger partial charge in [-0.3, -0.25) is 14.5 Å². The number of carbonyl (C=O) groups excluding carboxylic acids is 2. The molecule has 1 fully saturated rings. The molecule has 162 valence electrons. The third-order valence-electron chi connectivity index (χ3n) is 6.05. The lowest BCUT2D eigenvalue weighted by Gasteiger charge is -2.26. The van der Waals surface area contributed by atoms with E-state index in [1.807, 2.05) is 39.0 Å². The molecule has 4 rings (SSSR count). The predicted molar refractivity (Wildman–Crippen MR) is 123 cm³/mol. The molecule has 1 unspecified atom stereocenters. The van der Waals surface area contributed by atoms with Crippen molar-refractivity contribution in [2.45, 2.75) is 33.2 Å². The lowest BCUT2D eigenvalue weighted by atomic mass is 9.94. The second-order valence-corrected chi connectivity index (χ2v) is 8.01. The molecule has 32 heavy (non-hydrogen) atoms. The third-order valence-corrected chi connectivity index (χ3v) is 6.05. The number of aliphatic hydroxyl groups is 1. The zero-order chi connectivity index (χ0) is 23.0. The van der Waals surface area contributed by atoms with Crippen LogP contribution in [0.5, 0.6) is 0 Å². The lowest BCUT2D eigenvalue weighted by molar-refractivity contribution is -0.132. The van der Waals surface area contributed by atoms with Crippen LogP contribution in [0.1, 0.15) is 40.8 Å². The van der Waals surface area contributed by atoms with Crippen molar-refractivity contribution < 1.29 is 19.1 Å². The van der Waals surface area contributed by atoms with Gasteiger partial charge in [-0.15, -0.1) is 0 Å². The molecule has 0 aliphatic carbocycles. The van der Waals surface area contributed by atoms with E-state index in [2.05, 4.69) is 0 Å². The van der Waals surface area contributed by atoms with Gasteiger partial charge in [-0.1, -0.05) is 55.5 Å². The van der Waals surface area contributed by atoms with Crippen molar-refractivity contribution >= 4 is 23.1 Å². The second kappa shape index (κ2) is 8.42. The maximum absolute atomic E-state index is 14.9. The quantitative estimate of drug-likeness (QED) is 0.332. The van der Waals surface area contributed by atoms with Gasteiger partial charge >= 0.3 is 0 Å². The molecule has 1 saturated heterocycles. The van der Waals surface area contributed by atoms with Gasteiger partial charge in [0.2, 0.25) is 0 Å². The number of hydrogen-bond donors (Lipinski definition) is 1. The van der Waals surface area contributed by atoms with Crippen molar-refractivity contribution in [2.75, 3.05) is 4.90 Å². The Bertz CT molecular complexity index is 1240. The molecule has 1 heterocycles. The monoisotopic (exact) mass is 429 g/mol. The van der Waals surface area contributed by atoms with E-state index < -0.39 is 23.5 Å². The Morgan fingerprint density at radius 2 is 1.66 bits per heavy atom. The minimum Gasteiger partial charge on any atom is -0.507 e. The summed E-state index contributed by atoms with van der Waals surface area (Å²) in [7, 11) is 0. The first-order chi connectivity index (χ1) is 15.3. The minimum absolute atomic E-state index is 0.123. The average Bonchev–Trinajstić information content (AvgIpc) is 3.06. The Hall–Kier alpha value is -3.73. The van der Waals surface area contributed by atoms with Crippen LogP contribution < -0.4 is 4.90 Å². The second-order valence-electron chi connectivity index (χ2n) is 8.01. The number of benzene rings is 3. The molecular formula is C27H24FNO3. The highest BCUT2D eigenvalue weighted by molar-refractivity contribution is 6.51. The Morgan fingerprint density at radius 1 is 0.969 bits per heavy atom. The summed E-state index contributed by atoms with van der Waals surface area (Å²) in [6.45, 7) is 5.87. The number of rotatable bonds is 4. The van der Waals surface area contributed by atoms with Crippen LogP contribution in [0.25, 0.3) is 5.76 Å². The summed E-state index contributed by atoms with van der Waals surface area (Å²) in [5.74, 6) is -2.51. The van der Waals surface area contributed by atoms with Gasteiger partial charge in [0, 0.05) is 16.8 Å². The fourth-order valence-electron chi connectivity index (χ4n) is 4.02. The summed E-state index contributed by atoms with van der Waals surface area (Å²) >= 11 is 0. The Morgan fingerprint density at radius 3 is 2.28 bits per heavy atom. The molecular weight excluding hydrogens is 405 g/mol. The fraction of sp³-hybridized carbons (Fsp3) is 0.185. The number of amides is 1. The standard InChI is InChI=1S/C27H24FNO3/c1-4-18-10-12-19(13-11-18)25(30)23-24(21-7-5-6-8-22(21)28)29(27(32)26(23)31)20-14-9-16(2)17(3)15-20/h5-15,24,30H,4H2,1-3H3/b25-23+. The smallest absolute Gasteiger partial charge is 0.300 e. The van der Waals surface area contributed by atoms with Crippen molar-refractivity contribution in [2.24, 2.45) is 0 Å². The summed E-state index contributed by atoms with van der Waals surface area (Å²) in [5, 5.41) is 11.1. The van der Waals surface area contributed by atoms with Gasteiger partial charge in [0.15, 0.2) is 0 Å². The minimum atomic E-state index is -1.08. The first kappa shape index (κ1) is 21.5. The van der Waals surface area contributed by atoms with Gasteiger partial charge in [-0.05, 0) is 55.2 Å². The van der Waals surface area contributed by atoms with Gasteiger partial charge < -0.3 is 5.11 Å². The molecule has 1 N–H and O–H groups in total. The largest absolute Gasteiger partial charge is 0.507 e. The van der Waals surface area contributed by atoms with Gasteiger partial charge in [-0.2, -0.15) is 0 Å². The van der Waals surface area contributed by atoms with E-state index in [0.29, 0.717) is 11.3 Å². The number of Topliss-reactive ketones (excluding diaryl/α,β-unsaturated/α-hetero) is 1. The Labute approximate surface area is 186 Å². The van der Waals surface area contributed by atoms with Gasteiger partial charge in [0.05, 0.1) is 11.6 Å². The molecule has 1 aliphatic rings. The summed E-state index contributed by atoms with van der Waals surface area (Å²) in [5.41, 5.74) is 3.95. The molecule has 0 spiro atoms. The number of carbonyl (C=O) groups is 2. The maximum atomic E-state index is 14.9. The van der Waals surface area contributed by atoms with E-state index in [0.717, 1.165) is 23.1 Å². The highest BCUT2D eigenvalue weighted by Crippen LogP contribution is 2.43. The Balaban J connectivity index is 1.95. The van der Waals surface area contributed by atoms with Crippen molar-refractivity contribution in [3.8, 4) is 0 Å². The highest BCUT2D eigenvalue weighted by Gasteiger charge is 2.47. The number of ketones is 1. The molecule has 0 bridgehead atoms. The summed E-state index contributed by atoms with van der Waals surface area (Å²) in [6, 6.07) is 17.4. The number of halogens is 1. The number of aliphatic hydroxyl groups excluding tert-OH is 1. The Kier molecular flexibility index (Phi) is 5.66. The van der Waals surface area contributed by atoms with E-state index >= 15 is 0 Å². The highest BCUT2D eigenvalue weighted by atomic mass is 19.1. The normalized spacial score (nSPS) is 17.8. The molecule has 3 aromatic carbocycles. The van der Waals surface area contributed by atoms with Crippen LogP contribution in [0.3, 0.4) is 0 Å². The topological polar surface area (TPSA) is 57.6 Å². The van der Waals surface area contributed by atoms with Crippen LogP contribution in [0.2, 0.25) is 0 Å². The molecule has 0 saturated carbocycles. The third kappa shape index (κ3) is 3.60. The van der Waals surface area contributed by atoms with Crippen LogP contribution in [0.15, 0.2) is 72.3 Å². The molecule has 4 nitrogen and oxygen atoms in total. The van der Waals surface area contributed by atoms with Crippen molar-refractivity contribution in [1.29, 1.82) is 0 Å². The molecule has 3 aromatic rings. The van der Waals surface area contributed by atoms with Crippen molar-refractivity contribution in [1.82, 2.24) is 0 Å². The van der Waals surface area contributed by atoms with E-state index in [4.69, 9.17) is 0 Å². The number of nitrogens with zero attached hydrogens (tertiary/aromatic N) is 1. The van der Waals surface area contributed by atoms with Crippen LogP contribution in [-0.2, 0) is 16.0 Å². The SMILES string of the molecule is CCc1ccc(/C(O)=C2\C(=O)C(=O)N(c3ccc(C)c(C)c3)C2c2ccccc2F)cc1. The molecule has 1 atom stereocenters. The van der Waals surface area contributed by atoms with E-state index in [-0.39, 0.29) is 16.9 Å². The molecule has 1 aliphatic heterocycles. The lowest BCUT2D eigenvalue weighted by Crippen LogP contribution is -2.30. The summed E-state index contributed by atoms with van der Waals surface area (Å²) in [6.07, 6.45) is 0.827. The fourth-order valence-corrected chi connectivity index (χ4v) is 4.02. The van der Waals surface area contributed by atoms with Crippen LogP contribution in [0.4, 0.5) is 10.1 Å². The number of anilines is 1. The first-order valence-corrected chi connectivity index (χ1v) is 10.6. The maximum Gasteiger partial charge on any atom is 0.300 e. The average molecular weight is 429 g/mol. The van der Waals surface area contributed by atoms with Crippen LogP contribution >= 0.6 is 0 Å². The van der Waals surface area contributed by atoms with Gasteiger partial charge in [-0.25, -0.2) is 4.39 Å². The summed E-state index contributed by atoms with van der Waals surface area (Å²) in [4.78, 5) is 27.6. The number of hydrogen-bond acceptors (Lipinski definition) is 3. The van der Waals surface area contributed by atoms with Gasteiger partial charge in [0.1, 0.15) is 11.6 Å². The van der Waals surface area contributed by atoms with Crippen molar-refractivity contribution in [3.63, 3.8) is 0 Å². The zero-order valence-corrected chi connectivity index (χ0v) is 18.2. The van der Waals surface area contributed by atoms with E-state index in [9.17, 15) is 19.1 Å². The van der Waals surface area contributed by atoms with Crippen LogP contribution in [-0.4, -0.2) is 16.8 Å². The van der Waals surface area contributed by atoms with E-state index in [1.54, 1.807) is 36.4 Å². The van der Waals surface area contributed by atoms with E-state index in [1.165, 1.54) is 17.0 Å². The molecule has 0 radical (unpaired) electrons. The van der Waals surface area contributed by atoms with Crippen LogP contribution in [0, 0.1) is 19.7 Å². The molecule has 0 aromatic heterocycles. The zero-order valence-electron chi connectivity index (χ0n) is 18.2. The summed E-state index contributed by atoms with van der Waals surface area (Å²) < 4.78 is 14.9. The van der Waals surface area contributed by atoms with Crippen molar-refractivity contribution in [3.05, 3.63) is 106 Å².